The zero-order chi connectivity index (χ0) is 8.81. The molecule has 0 N–H and O–H groups in total. The average molecular weight is 165 g/mol. The molecular weight excluding hydrogens is 150 g/mol. The van der Waals surface area contributed by atoms with Crippen LogP contribution in [-0.2, 0) is 0 Å². The molecule has 0 spiro atoms. The van der Waals surface area contributed by atoms with Crippen molar-refractivity contribution in [3.8, 4) is 0 Å². The molecule has 0 amide bonds. The fourth-order valence-electron chi connectivity index (χ4n) is 1.21. The van der Waals surface area contributed by atoms with Crippen LogP contribution in [0.3, 0.4) is 0 Å². The van der Waals surface area contributed by atoms with Crippen molar-refractivity contribution in [1.82, 2.24) is 10.2 Å². The van der Waals surface area contributed by atoms with E-state index in [0.717, 1.165) is 25.2 Å². The summed E-state index contributed by atoms with van der Waals surface area (Å²) in [6.45, 7) is 6.44. The van der Waals surface area contributed by atoms with Crippen LogP contribution in [0.5, 0.6) is 0 Å². The standard InChI is InChI=1S/C9H15N3/c1-3-7-12(4-2)9-5-6-10-11-8-9/h5-6,8H,3-4,7H2,1-2H3. The van der Waals surface area contributed by atoms with E-state index in [1.807, 2.05) is 6.07 Å². The zero-order valence-corrected chi connectivity index (χ0v) is 7.70. The van der Waals surface area contributed by atoms with Crippen molar-refractivity contribution in [1.29, 1.82) is 0 Å². The second kappa shape index (κ2) is 4.70. The molecule has 12 heavy (non-hydrogen) atoms. The molecule has 0 unspecified atom stereocenters. The first kappa shape index (κ1) is 8.97. The van der Waals surface area contributed by atoms with Crippen LogP contribution in [0.2, 0.25) is 0 Å². The first-order chi connectivity index (χ1) is 5.88. The molecule has 0 aromatic carbocycles. The van der Waals surface area contributed by atoms with Crippen LogP contribution in [-0.4, -0.2) is 23.3 Å². The van der Waals surface area contributed by atoms with E-state index in [9.17, 15) is 0 Å². The number of nitrogens with zero attached hydrogens (tertiary/aromatic N) is 3. The topological polar surface area (TPSA) is 29.0 Å². The Morgan fingerprint density at radius 3 is 2.67 bits per heavy atom. The van der Waals surface area contributed by atoms with Crippen molar-refractivity contribution in [2.24, 2.45) is 0 Å². The van der Waals surface area contributed by atoms with Gasteiger partial charge in [0, 0.05) is 13.1 Å². The molecule has 1 rings (SSSR count). The largest absolute Gasteiger partial charge is 0.370 e. The fraction of sp³-hybridized carbons (Fsp3) is 0.556. The quantitative estimate of drug-likeness (QED) is 0.680. The summed E-state index contributed by atoms with van der Waals surface area (Å²) in [6.07, 6.45) is 4.70. The summed E-state index contributed by atoms with van der Waals surface area (Å²) in [5.41, 5.74) is 1.16. The first-order valence-electron chi connectivity index (χ1n) is 4.40. The van der Waals surface area contributed by atoms with E-state index in [-0.39, 0.29) is 0 Å². The highest BCUT2D eigenvalue weighted by Gasteiger charge is 2.00. The molecular formula is C9H15N3. The summed E-state index contributed by atoms with van der Waals surface area (Å²) in [5, 5.41) is 7.59. The Labute approximate surface area is 73.4 Å². The van der Waals surface area contributed by atoms with E-state index in [1.165, 1.54) is 0 Å². The van der Waals surface area contributed by atoms with Gasteiger partial charge in [0.2, 0.25) is 0 Å². The van der Waals surface area contributed by atoms with Gasteiger partial charge in [-0.2, -0.15) is 10.2 Å². The van der Waals surface area contributed by atoms with E-state index in [2.05, 4.69) is 28.9 Å². The number of anilines is 1. The Bertz CT molecular complexity index is 210. The summed E-state index contributed by atoms with van der Waals surface area (Å²) < 4.78 is 0. The van der Waals surface area contributed by atoms with E-state index < -0.39 is 0 Å². The van der Waals surface area contributed by atoms with Crippen LogP contribution in [0.1, 0.15) is 20.3 Å². The van der Waals surface area contributed by atoms with Gasteiger partial charge < -0.3 is 4.90 Å². The van der Waals surface area contributed by atoms with Crippen molar-refractivity contribution in [2.45, 2.75) is 20.3 Å². The van der Waals surface area contributed by atoms with Crippen molar-refractivity contribution in [2.75, 3.05) is 18.0 Å². The highest BCUT2D eigenvalue weighted by Crippen LogP contribution is 2.09. The van der Waals surface area contributed by atoms with Crippen molar-refractivity contribution in [3.63, 3.8) is 0 Å². The lowest BCUT2D eigenvalue weighted by Crippen LogP contribution is -2.23. The maximum atomic E-state index is 3.84. The minimum Gasteiger partial charge on any atom is -0.370 e. The van der Waals surface area contributed by atoms with Crippen LogP contribution < -0.4 is 4.90 Å². The van der Waals surface area contributed by atoms with Crippen LogP contribution in [0.15, 0.2) is 18.5 Å². The maximum Gasteiger partial charge on any atom is 0.0729 e. The normalized spacial score (nSPS) is 9.83. The van der Waals surface area contributed by atoms with Crippen LogP contribution in [0, 0.1) is 0 Å². The summed E-state index contributed by atoms with van der Waals surface area (Å²) >= 11 is 0. The van der Waals surface area contributed by atoms with Crippen LogP contribution in [0.4, 0.5) is 5.69 Å². The second-order valence-corrected chi connectivity index (χ2v) is 2.68. The molecule has 0 aliphatic heterocycles. The maximum absolute atomic E-state index is 3.84. The lowest BCUT2D eigenvalue weighted by atomic mass is 10.3. The third-order valence-corrected chi connectivity index (χ3v) is 1.81. The third-order valence-electron chi connectivity index (χ3n) is 1.81. The van der Waals surface area contributed by atoms with Gasteiger partial charge in [-0.1, -0.05) is 6.92 Å². The molecule has 0 bridgehead atoms. The Balaban J connectivity index is 2.66. The SMILES string of the molecule is CCCN(CC)c1ccnnc1. The molecule has 0 saturated heterocycles. The number of hydrogen-bond donors (Lipinski definition) is 0. The molecule has 0 aliphatic carbocycles. The molecule has 0 fully saturated rings. The molecule has 1 aromatic heterocycles. The van der Waals surface area contributed by atoms with E-state index in [1.54, 1.807) is 12.4 Å². The van der Waals surface area contributed by atoms with Gasteiger partial charge >= 0.3 is 0 Å². The van der Waals surface area contributed by atoms with E-state index in [0.29, 0.717) is 0 Å². The third kappa shape index (κ3) is 2.19. The lowest BCUT2D eigenvalue weighted by molar-refractivity contribution is 0.786. The van der Waals surface area contributed by atoms with Crippen molar-refractivity contribution < 1.29 is 0 Å². The van der Waals surface area contributed by atoms with Crippen molar-refractivity contribution in [3.05, 3.63) is 18.5 Å². The molecule has 66 valence electrons. The predicted octanol–water partition coefficient (Wildman–Crippen LogP) is 1.71. The molecule has 1 aromatic rings. The Morgan fingerprint density at radius 1 is 1.33 bits per heavy atom. The van der Waals surface area contributed by atoms with Gasteiger partial charge in [0.1, 0.15) is 0 Å². The van der Waals surface area contributed by atoms with Gasteiger partial charge in [-0.3, -0.25) is 0 Å². The molecule has 0 atom stereocenters. The van der Waals surface area contributed by atoms with Gasteiger partial charge in [0.15, 0.2) is 0 Å². The summed E-state index contributed by atoms with van der Waals surface area (Å²) in [5.74, 6) is 0. The number of hydrogen-bond acceptors (Lipinski definition) is 3. The molecule has 0 saturated carbocycles. The van der Waals surface area contributed by atoms with Crippen LogP contribution in [0.25, 0.3) is 0 Å². The Kier molecular flexibility index (Phi) is 3.51. The highest BCUT2D eigenvalue weighted by atomic mass is 15.2. The Morgan fingerprint density at radius 2 is 2.17 bits per heavy atom. The predicted molar refractivity (Wildman–Crippen MR) is 50.2 cm³/mol. The number of rotatable bonds is 4. The summed E-state index contributed by atoms with van der Waals surface area (Å²) in [7, 11) is 0. The fourth-order valence-corrected chi connectivity index (χ4v) is 1.21. The zero-order valence-electron chi connectivity index (χ0n) is 7.70. The van der Waals surface area contributed by atoms with Gasteiger partial charge in [0.05, 0.1) is 18.1 Å². The molecule has 3 heteroatoms. The Hall–Kier alpha value is -1.12. The molecule has 0 radical (unpaired) electrons. The highest BCUT2D eigenvalue weighted by molar-refractivity contribution is 5.42. The van der Waals surface area contributed by atoms with Gasteiger partial charge in [-0.05, 0) is 19.4 Å². The van der Waals surface area contributed by atoms with Gasteiger partial charge in [-0.25, -0.2) is 0 Å². The number of aromatic nitrogens is 2. The lowest BCUT2D eigenvalue weighted by Gasteiger charge is -2.21. The van der Waals surface area contributed by atoms with E-state index >= 15 is 0 Å². The van der Waals surface area contributed by atoms with Gasteiger partial charge in [-0.15, -0.1) is 0 Å². The minimum atomic E-state index is 1.03. The smallest absolute Gasteiger partial charge is 0.0729 e. The second-order valence-electron chi connectivity index (χ2n) is 2.68. The summed E-state index contributed by atoms with van der Waals surface area (Å²) in [6, 6.07) is 1.99. The molecule has 1 heterocycles. The van der Waals surface area contributed by atoms with E-state index in [4.69, 9.17) is 0 Å². The van der Waals surface area contributed by atoms with Crippen LogP contribution >= 0.6 is 0 Å². The molecule has 3 nitrogen and oxygen atoms in total. The first-order valence-corrected chi connectivity index (χ1v) is 4.40. The average Bonchev–Trinajstić information content (AvgIpc) is 2.15. The summed E-state index contributed by atoms with van der Waals surface area (Å²) in [4.78, 5) is 2.29. The van der Waals surface area contributed by atoms with Gasteiger partial charge in [0.25, 0.3) is 0 Å². The monoisotopic (exact) mass is 165 g/mol. The minimum absolute atomic E-state index is 1.03. The van der Waals surface area contributed by atoms with Crippen molar-refractivity contribution >= 4 is 5.69 Å². The molecule has 0 aliphatic rings.